The summed E-state index contributed by atoms with van der Waals surface area (Å²) in [6.07, 6.45) is 1.75. The standard InChI is InChI=1S/C27H25N3O6/c1-14-21(13-19-18-12-17(27(35)36-3)9-10-20(18)29-24(19)31)28-15(2)23(14)25(32)30-22(26(33)34)11-16-7-5-4-6-8-16/h4-10,12-13,22,28H,11H2,1-3H3,(H,29,31)(H,30,32)(H,33,34)/b19-13-/t22-/m0/s1. The molecule has 9 nitrogen and oxygen atoms in total. The predicted octanol–water partition coefficient (Wildman–Crippen LogP) is 3.34. The molecule has 36 heavy (non-hydrogen) atoms. The van der Waals surface area contributed by atoms with Crippen molar-refractivity contribution >= 4 is 41.1 Å². The van der Waals surface area contributed by atoms with Crippen LogP contribution >= 0.6 is 0 Å². The maximum absolute atomic E-state index is 13.1. The van der Waals surface area contributed by atoms with Gasteiger partial charge in [-0.05, 0) is 49.2 Å². The minimum Gasteiger partial charge on any atom is -0.480 e. The molecule has 0 radical (unpaired) electrons. The Balaban J connectivity index is 1.63. The fraction of sp³-hybridized carbons (Fsp3) is 0.185. The average molecular weight is 488 g/mol. The van der Waals surface area contributed by atoms with Crippen molar-refractivity contribution in [3.05, 3.63) is 87.7 Å². The third kappa shape index (κ3) is 4.76. The summed E-state index contributed by atoms with van der Waals surface area (Å²) in [6, 6.07) is 12.7. The molecule has 1 aliphatic rings. The topological polar surface area (TPSA) is 138 Å². The fourth-order valence-corrected chi connectivity index (χ4v) is 4.26. The van der Waals surface area contributed by atoms with Crippen molar-refractivity contribution in [1.82, 2.24) is 10.3 Å². The van der Waals surface area contributed by atoms with E-state index in [2.05, 4.69) is 15.6 Å². The van der Waals surface area contributed by atoms with Crippen LogP contribution in [0.15, 0.2) is 48.5 Å². The molecule has 2 amide bonds. The first-order valence-electron chi connectivity index (χ1n) is 11.2. The van der Waals surface area contributed by atoms with E-state index in [0.717, 1.165) is 5.56 Å². The lowest BCUT2D eigenvalue weighted by atomic mass is 10.0. The van der Waals surface area contributed by atoms with Gasteiger partial charge in [-0.1, -0.05) is 30.3 Å². The zero-order valence-corrected chi connectivity index (χ0v) is 20.0. The minimum absolute atomic E-state index is 0.140. The highest BCUT2D eigenvalue weighted by atomic mass is 16.5. The molecule has 2 aromatic carbocycles. The number of carboxylic acid groups (broad SMARTS) is 1. The number of aliphatic carboxylic acids is 1. The first-order chi connectivity index (χ1) is 17.2. The Morgan fingerprint density at radius 3 is 2.50 bits per heavy atom. The Bertz CT molecular complexity index is 1400. The highest BCUT2D eigenvalue weighted by Crippen LogP contribution is 2.35. The number of benzene rings is 2. The molecule has 4 N–H and O–H groups in total. The zero-order valence-electron chi connectivity index (χ0n) is 20.0. The number of amides is 2. The summed E-state index contributed by atoms with van der Waals surface area (Å²) in [5.74, 6) is -2.54. The summed E-state index contributed by atoms with van der Waals surface area (Å²) >= 11 is 0. The van der Waals surface area contributed by atoms with Crippen LogP contribution in [-0.2, 0) is 20.7 Å². The van der Waals surface area contributed by atoms with Gasteiger partial charge in [-0.2, -0.15) is 0 Å². The van der Waals surface area contributed by atoms with E-state index in [4.69, 9.17) is 4.74 Å². The molecule has 9 heteroatoms. The number of esters is 1. The molecular formula is C27H25N3O6. The van der Waals surface area contributed by atoms with Crippen molar-refractivity contribution in [1.29, 1.82) is 0 Å². The highest BCUT2D eigenvalue weighted by molar-refractivity contribution is 6.35. The number of fused-ring (bicyclic) bond motifs is 1. The summed E-state index contributed by atoms with van der Waals surface area (Å²) in [4.78, 5) is 52.7. The Labute approximate surface area is 207 Å². The number of rotatable bonds is 7. The van der Waals surface area contributed by atoms with E-state index in [-0.39, 0.29) is 12.3 Å². The van der Waals surface area contributed by atoms with E-state index in [1.54, 1.807) is 50.3 Å². The van der Waals surface area contributed by atoms with Gasteiger partial charge in [0.05, 0.1) is 23.8 Å². The number of aromatic amines is 1. The van der Waals surface area contributed by atoms with Crippen LogP contribution in [-0.4, -0.2) is 47.0 Å². The van der Waals surface area contributed by atoms with E-state index in [0.29, 0.717) is 44.9 Å². The van der Waals surface area contributed by atoms with Gasteiger partial charge in [0.1, 0.15) is 6.04 Å². The number of aromatic nitrogens is 1. The highest BCUT2D eigenvalue weighted by Gasteiger charge is 2.28. The molecule has 3 aromatic rings. The number of hydrogen-bond donors (Lipinski definition) is 4. The number of H-pyrrole nitrogens is 1. The van der Waals surface area contributed by atoms with Crippen LogP contribution in [0.4, 0.5) is 5.69 Å². The number of nitrogens with one attached hydrogen (secondary N) is 3. The fourth-order valence-electron chi connectivity index (χ4n) is 4.26. The Morgan fingerprint density at radius 2 is 1.83 bits per heavy atom. The number of aryl methyl sites for hydroxylation is 1. The molecule has 0 saturated carbocycles. The lowest BCUT2D eigenvalue weighted by Gasteiger charge is -2.15. The first kappa shape index (κ1) is 24.5. The number of hydrogen-bond acceptors (Lipinski definition) is 5. The molecule has 0 spiro atoms. The Morgan fingerprint density at radius 1 is 1.11 bits per heavy atom. The van der Waals surface area contributed by atoms with Crippen LogP contribution in [0.5, 0.6) is 0 Å². The van der Waals surface area contributed by atoms with E-state index >= 15 is 0 Å². The van der Waals surface area contributed by atoms with Gasteiger partial charge < -0.3 is 25.5 Å². The van der Waals surface area contributed by atoms with Gasteiger partial charge in [0.25, 0.3) is 11.8 Å². The third-order valence-corrected chi connectivity index (χ3v) is 6.10. The first-order valence-corrected chi connectivity index (χ1v) is 11.2. The van der Waals surface area contributed by atoms with E-state index in [1.807, 2.05) is 18.2 Å². The summed E-state index contributed by atoms with van der Waals surface area (Å²) in [6.45, 7) is 3.42. The molecule has 1 aliphatic heterocycles. The van der Waals surface area contributed by atoms with Crippen molar-refractivity contribution in [2.45, 2.75) is 26.3 Å². The van der Waals surface area contributed by atoms with Gasteiger partial charge in [0, 0.05) is 29.1 Å². The van der Waals surface area contributed by atoms with Crippen molar-refractivity contribution in [2.75, 3.05) is 12.4 Å². The van der Waals surface area contributed by atoms with Crippen molar-refractivity contribution in [3.63, 3.8) is 0 Å². The second-order valence-electron chi connectivity index (χ2n) is 8.48. The molecule has 184 valence electrons. The van der Waals surface area contributed by atoms with Gasteiger partial charge >= 0.3 is 11.9 Å². The third-order valence-electron chi connectivity index (χ3n) is 6.10. The second-order valence-corrected chi connectivity index (χ2v) is 8.48. The van der Waals surface area contributed by atoms with Crippen molar-refractivity contribution in [2.24, 2.45) is 0 Å². The maximum Gasteiger partial charge on any atom is 0.337 e. The number of carboxylic acids is 1. The minimum atomic E-state index is -1.14. The number of ether oxygens (including phenoxy) is 1. The van der Waals surface area contributed by atoms with Crippen LogP contribution in [0.25, 0.3) is 11.6 Å². The summed E-state index contributed by atoms with van der Waals surface area (Å²) in [7, 11) is 1.28. The van der Waals surface area contributed by atoms with E-state index in [1.165, 1.54) is 7.11 Å². The Hall–Kier alpha value is -4.66. The van der Waals surface area contributed by atoms with Gasteiger partial charge in [-0.15, -0.1) is 0 Å². The molecule has 0 saturated heterocycles. The Kier molecular flexibility index (Phi) is 6.73. The van der Waals surface area contributed by atoms with Gasteiger partial charge in [0.2, 0.25) is 0 Å². The average Bonchev–Trinajstić information content (AvgIpc) is 3.32. The monoisotopic (exact) mass is 487 g/mol. The van der Waals surface area contributed by atoms with Crippen LogP contribution < -0.4 is 10.6 Å². The maximum atomic E-state index is 13.1. The molecule has 0 unspecified atom stereocenters. The van der Waals surface area contributed by atoms with Gasteiger partial charge in [-0.3, -0.25) is 9.59 Å². The molecule has 4 rings (SSSR count). The predicted molar refractivity (Wildman–Crippen MR) is 134 cm³/mol. The SMILES string of the molecule is COC(=O)c1ccc2c(c1)/C(=C/c1[nH]c(C)c(C(=O)N[C@@H](Cc3ccccc3)C(=O)O)c1C)C(=O)N2. The molecule has 1 aromatic heterocycles. The number of methoxy groups -OCH3 is 1. The van der Waals surface area contributed by atoms with Crippen molar-refractivity contribution in [3.8, 4) is 0 Å². The van der Waals surface area contributed by atoms with Crippen LogP contribution in [0.2, 0.25) is 0 Å². The summed E-state index contributed by atoms with van der Waals surface area (Å²) in [5, 5.41) is 15.0. The number of anilines is 1. The zero-order chi connectivity index (χ0) is 26.0. The van der Waals surface area contributed by atoms with Crippen molar-refractivity contribution < 1.29 is 29.0 Å². The summed E-state index contributed by atoms with van der Waals surface area (Å²) in [5.41, 5.74) is 4.43. The molecule has 1 atom stereocenters. The van der Waals surface area contributed by atoms with E-state index in [9.17, 15) is 24.3 Å². The quantitative estimate of drug-likeness (QED) is 0.298. The molecule has 2 heterocycles. The van der Waals surface area contributed by atoms with Gasteiger partial charge in [-0.25, -0.2) is 9.59 Å². The smallest absolute Gasteiger partial charge is 0.337 e. The number of carbonyl (C=O) groups excluding carboxylic acids is 3. The van der Waals surface area contributed by atoms with Gasteiger partial charge in [0.15, 0.2) is 0 Å². The second kappa shape index (κ2) is 9.91. The number of carbonyl (C=O) groups is 4. The lowest BCUT2D eigenvalue weighted by molar-refractivity contribution is -0.139. The largest absolute Gasteiger partial charge is 0.480 e. The summed E-state index contributed by atoms with van der Waals surface area (Å²) < 4.78 is 4.77. The van der Waals surface area contributed by atoms with Crippen LogP contribution in [0, 0.1) is 13.8 Å². The molecule has 0 fully saturated rings. The van der Waals surface area contributed by atoms with E-state index < -0.39 is 23.9 Å². The molecule has 0 aliphatic carbocycles. The molecular weight excluding hydrogens is 462 g/mol. The lowest BCUT2D eigenvalue weighted by Crippen LogP contribution is -2.42. The van der Waals surface area contributed by atoms with Crippen LogP contribution in [0.3, 0.4) is 0 Å². The van der Waals surface area contributed by atoms with Crippen LogP contribution in [0.1, 0.15) is 48.8 Å². The normalized spacial score (nSPS) is 14.2. The molecule has 0 bridgehead atoms.